The molecule has 0 aliphatic rings. The Morgan fingerprint density at radius 2 is 0.773 bits per heavy atom. The lowest BCUT2D eigenvalue weighted by atomic mass is 9.78. The smallest absolute Gasteiger partial charge is 0.0400 e. The van der Waals surface area contributed by atoms with Crippen molar-refractivity contribution in [2.75, 3.05) is 23.7 Å². The Kier molecular flexibility index (Phi) is 10.6. The zero-order valence-electron chi connectivity index (χ0n) is 26.9. The minimum Gasteiger partial charge on any atom is -0.398 e. The van der Waals surface area contributed by atoms with Crippen molar-refractivity contribution in [2.24, 2.45) is 11.8 Å². The Bertz CT molecular complexity index is 1370. The highest BCUT2D eigenvalue weighted by atomic mass is 15.1. The molecule has 44 heavy (non-hydrogen) atoms. The van der Waals surface area contributed by atoms with Crippen molar-refractivity contribution in [3.8, 4) is 0 Å². The molecule has 2 nitrogen and oxygen atoms in total. The average Bonchev–Trinajstić information content (AvgIpc) is 3.05. The number of benzene rings is 5. The molecule has 226 valence electrons. The molecule has 5 rings (SSSR count). The molecule has 0 spiro atoms. The van der Waals surface area contributed by atoms with E-state index in [1.54, 1.807) is 0 Å². The van der Waals surface area contributed by atoms with Crippen LogP contribution in [0.1, 0.15) is 85.8 Å². The van der Waals surface area contributed by atoms with Gasteiger partial charge < -0.3 is 10.6 Å². The van der Waals surface area contributed by atoms with Crippen LogP contribution in [0.3, 0.4) is 0 Å². The molecule has 5 aromatic carbocycles. The van der Waals surface area contributed by atoms with Gasteiger partial charge in [-0.05, 0) is 70.2 Å². The third kappa shape index (κ3) is 7.61. The SMILES string of the molecule is CC(C)CCN(CCC(C)C)c1cc(C(c2ccccc2)c2ccccc2)c(N)c(C(c2ccccc2)c2ccccc2)c1. The van der Waals surface area contributed by atoms with Crippen LogP contribution in [0.5, 0.6) is 0 Å². The molecule has 0 aliphatic heterocycles. The van der Waals surface area contributed by atoms with Crippen LogP contribution in [0, 0.1) is 11.8 Å². The number of hydrogen-bond donors (Lipinski definition) is 1. The molecular formula is C42H48N2. The van der Waals surface area contributed by atoms with Crippen molar-refractivity contribution in [3.05, 3.63) is 167 Å². The summed E-state index contributed by atoms with van der Waals surface area (Å²) in [5.41, 5.74) is 16.9. The highest BCUT2D eigenvalue weighted by Gasteiger charge is 2.27. The first-order chi connectivity index (χ1) is 21.4. The van der Waals surface area contributed by atoms with Crippen LogP contribution >= 0.6 is 0 Å². The summed E-state index contributed by atoms with van der Waals surface area (Å²) in [4.78, 5) is 2.62. The Hall–Kier alpha value is -4.30. The lowest BCUT2D eigenvalue weighted by Crippen LogP contribution is -2.28. The topological polar surface area (TPSA) is 29.3 Å². The molecule has 2 heteroatoms. The maximum Gasteiger partial charge on any atom is 0.0400 e. The van der Waals surface area contributed by atoms with Gasteiger partial charge in [-0.2, -0.15) is 0 Å². The molecular weight excluding hydrogens is 532 g/mol. The maximum atomic E-state index is 7.43. The molecule has 0 amide bonds. The molecule has 0 radical (unpaired) electrons. The molecule has 5 aromatic rings. The number of nitrogen functional groups attached to an aromatic ring is 1. The lowest BCUT2D eigenvalue weighted by Gasteiger charge is -2.32. The van der Waals surface area contributed by atoms with E-state index in [4.69, 9.17) is 5.73 Å². The van der Waals surface area contributed by atoms with E-state index < -0.39 is 0 Å². The van der Waals surface area contributed by atoms with Crippen LogP contribution in [0.2, 0.25) is 0 Å². The minimum atomic E-state index is 0.0142. The third-order valence-corrected chi connectivity index (χ3v) is 8.70. The van der Waals surface area contributed by atoms with Crippen molar-refractivity contribution in [1.29, 1.82) is 0 Å². The normalized spacial score (nSPS) is 11.5. The number of anilines is 2. The van der Waals surface area contributed by atoms with Crippen LogP contribution in [-0.2, 0) is 0 Å². The van der Waals surface area contributed by atoms with E-state index in [2.05, 4.69) is 166 Å². The number of nitrogens with zero attached hydrogens (tertiary/aromatic N) is 1. The van der Waals surface area contributed by atoms with E-state index >= 15 is 0 Å². The number of rotatable bonds is 13. The predicted molar refractivity (Wildman–Crippen MR) is 190 cm³/mol. The Labute approximate surface area is 265 Å². The summed E-state index contributed by atoms with van der Waals surface area (Å²) < 4.78 is 0. The summed E-state index contributed by atoms with van der Waals surface area (Å²) in [5, 5.41) is 0. The van der Waals surface area contributed by atoms with Gasteiger partial charge in [-0.15, -0.1) is 0 Å². The van der Waals surface area contributed by atoms with Crippen LogP contribution in [0.4, 0.5) is 11.4 Å². The summed E-state index contributed by atoms with van der Waals surface area (Å²) in [5.74, 6) is 1.29. The number of nitrogens with two attached hydrogens (primary N) is 1. The summed E-state index contributed by atoms with van der Waals surface area (Å²) in [6, 6.07) is 48.2. The Balaban J connectivity index is 1.79. The van der Waals surface area contributed by atoms with Crippen molar-refractivity contribution in [2.45, 2.75) is 52.4 Å². The Morgan fingerprint density at radius 3 is 1.05 bits per heavy atom. The maximum absolute atomic E-state index is 7.43. The first kappa shape index (κ1) is 31.1. The summed E-state index contributed by atoms with van der Waals surface area (Å²) in [6.45, 7) is 11.3. The van der Waals surface area contributed by atoms with Gasteiger partial charge in [0, 0.05) is 36.3 Å². The van der Waals surface area contributed by atoms with Crippen molar-refractivity contribution >= 4 is 11.4 Å². The first-order valence-electron chi connectivity index (χ1n) is 16.3. The first-order valence-corrected chi connectivity index (χ1v) is 16.3. The van der Waals surface area contributed by atoms with Gasteiger partial charge in [0.1, 0.15) is 0 Å². The van der Waals surface area contributed by atoms with Crippen LogP contribution < -0.4 is 10.6 Å². The van der Waals surface area contributed by atoms with Crippen LogP contribution in [-0.4, -0.2) is 13.1 Å². The standard InChI is InChI=1S/C42H48N2/c1-31(2)25-27-44(28-26-32(3)4)37-29-38(40(33-17-9-5-10-18-33)34-19-11-6-12-20-34)42(43)39(30-37)41(35-21-13-7-14-22-35)36-23-15-8-16-24-36/h5-24,29-32,40-41H,25-28,43H2,1-4H3. The fourth-order valence-electron chi connectivity index (χ4n) is 6.23. The molecule has 0 saturated heterocycles. The molecule has 0 aliphatic carbocycles. The van der Waals surface area contributed by atoms with Crippen LogP contribution in [0.15, 0.2) is 133 Å². The second-order valence-corrected chi connectivity index (χ2v) is 12.9. The summed E-state index contributed by atoms with van der Waals surface area (Å²) in [7, 11) is 0. The molecule has 0 unspecified atom stereocenters. The minimum absolute atomic E-state index is 0.0142. The zero-order valence-corrected chi connectivity index (χ0v) is 26.9. The summed E-state index contributed by atoms with van der Waals surface area (Å²) >= 11 is 0. The van der Waals surface area contributed by atoms with E-state index in [9.17, 15) is 0 Å². The average molecular weight is 581 g/mol. The molecule has 0 atom stereocenters. The van der Waals surface area contributed by atoms with Crippen molar-refractivity contribution < 1.29 is 0 Å². The molecule has 0 saturated carbocycles. The zero-order chi connectivity index (χ0) is 30.9. The molecule has 0 heterocycles. The molecule has 0 bridgehead atoms. The highest BCUT2D eigenvalue weighted by Crippen LogP contribution is 2.44. The summed E-state index contributed by atoms with van der Waals surface area (Å²) in [6.07, 6.45) is 2.30. The fraction of sp³-hybridized carbons (Fsp3) is 0.286. The fourth-order valence-corrected chi connectivity index (χ4v) is 6.23. The largest absolute Gasteiger partial charge is 0.398 e. The van der Waals surface area contributed by atoms with Gasteiger partial charge in [0.25, 0.3) is 0 Å². The van der Waals surface area contributed by atoms with Crippen LogP contribution in [0.25, 0.3) is 0 Å². The van der Waals surface area contributed by atoms with Crippen molar-refractivity contribution in [3.63, 3.8) is 0 Å². The number of hydrogen-bond acceptors (Lipinski definition) is 2. The quantitative estimate of drug-likeness (QED) is 0.111. The monoisotopic (exact) mass is 580 g/mol. The van der Waals surface area contributed by atoms with Gasteiger partial charge in [0.2, 0.25) is 0 Å². The van der Waals surface area contributed by atoms with Crippen molar-refractivity contribution in [1.82, 2.24) is 0 Å². The molecule has 2 N–H and O–H groups in total. The van der Waals surface area contributed by atoms with E-state index in [1.165, 1.54) is 39.1 Å². The molecule has 0 aromatic heterocycles. The van der Waals surface area contributed by atoms with Gasteiger partial charge >= 0.3 is 0 Å². The lowest BCUT2D eigenvalue weighted by molar-refractivity contribution is 0.535. The van der Waals surface area contributed by atoms with Gasteiger partial charge in [0.05, 0.1) is 0 Å². The molecule has 0 fully saturated rings. The highest BCUT2D eigenvalue weighted by molar-refractivity contribution is 5.70. The van der Waals surface area contributed by atoms with Gasteiger partial charge in [-0.3, -0.25) is 0 Å². The van der Waals surface area contributed by atoms with E-state index in [1.807, 2.05) is 0 Å². The second kappa shape index (κ2) is 14.9. The van der Waals surface area contributed by atoms with Gasteiger partial charge in [-0.25, -0.2) is 0 Å². The van der Waals surface area contributed by atoms with E-state index in [0.29, 0.717) is 11.8 Å². The van der Waals surface area contributed by atoms with E-state index in [-0.39, 0.29) is 11.8 Å². The van der Waals surface area contributed by atoms with E-state index in [0.717, 1.165) is 31.6 Å². The predicted octanol–water partition coefficient (Wildman–Crippen LogP) is 10.5. The van der Waals surface area contributed by atoms with Gasteiger partial charge in [-0.1, -0.05) is 149 Å². The Morgan fingerprint density at radius 1 is 0.477 bits per heavy atom. The van der Waals surface area contributed by atoms with Gasteiger partial charge in [0.15, 0.2) is 0 Å². The second-order valence-electron chi connectivity index (χ2n) is 12.9. The third-order valence-electron chi connectivity index (χ3n) is 8.70.